The van der Waals surface area contributed by atoms with Crippen LogP contribution in [0.15, 0.2) is 43.7 Å². The van der Waals surface area contributed by atoms with E-state index < -0.39 is 0 Å². The Bertz CT molecular complexity index is 1350. The Morgan fingerprint density at radius 1 is 0.513 bits per heavy atom. The van der Waals surface area contributed by atoms with E-state index in [2.05, 4.69) is 91.4 Å². The number of hydrogen-bond donors (Lipinski definition) is 2. The largest absolute Gasteiger partial charge is 0.359 e. The second-order valence-electron chi connectivity index (χ2n) is 10.9. The van der Waals surface area contributed by atoms with Crippen LogP contribution in [-0.2, 0) is 12.8 Å². The number of aryl methyl sites for hydroxylation is 2. The van der Waals surface area contributed by atoms with Crippen LogP contribution >= 0.6 is 0 Å². The number of nitrogens with zero attached hydrogens (tertiary/aromatic N) is 2. The average molecular weight is 525 g/mol. The second-order valence-corrected chi connectivity index (χ2v) is 10.9. The van der Waals surface area contributed by atoms with E-state index in [0.717, 1.165) is 56.3 Å². The normalized spacial score (nSPS) is 17.9. The van der Waals surface area contributed by atoms with Crippen molar-refractivity contribution in [2.24, 2.45) is 9.98 Å². The van der Waals surface area contributed by atoms with Gasteiger partial charge in [0.2, 0.25) is 0 Å². The van der Waals surface area contributed by atoms with Gasteiger partial charge in [-0.3, -0.25) is 9.98 Å². The van der Waals surface area contributed by atoms with Gasteiger partial charge < -0.3 is 9.97 Å². The maximum Gasteiger partial charge on any atom is 0.0689 e. The van der Waals surface area contributed by atoms with Crippen LogP contribution in [0, 0.1) is 27.7 Å². The van der Waals surface area contributed by atoms with Crippen molar-refractivity contribution >= 4 is 23.6 Å². The molecule has 0 aromatic carbocycles. The van der Waals surface area contributed by atoms with Gasteiger partial charge in [-0.05, 0) is 123 Å². The lowest BCUT2D eigenvalue weighted by Crippen LogP contribution is -2.10. The highest BCUT2D eigenvalue weighted by atomic mass is 14.9. The zero-order valence-electron chi connectivity index (χ0n) is 26.0. The van der Waals surface area contributed by atoms with E-state index in [-0.39, 0.29) is 0 Å². The Morgan fingerprint density at radius 2 is 0.872 bits per heavy atom. The monoisotopic (exact) mass is 524 g/mol. The molecular formula is C35H48N4. The predicted molar refractivity (Wildman–Crippen MR) is 170 cm³/mol. The van der Waals surface area contributed by atoms with Crippen LogP contribution in [0.4, 0.5) is 0 Å². The van der Waals surface area contributed by atoms with E-state index in [0.29, 0.717) is 0 Å². The second kappa shape index (κ2) is 11.9. The number of hydrogen-bond acceptors (Lipinski definition) is 2. The topological polar surface area (TPSA) is 56.3 Å². The van der Waals surface area contributed by atoms with Crippen molar-refractivity contribution in [2.75, 3.05) is 0 Å². The van der Waals surface area contributed by atoms with Crippen molar-refractivity contribution in [3.05, 3.63) is 78.7 Å². The third-order valence-electron chi connectivity index (χ3n) is 8.84. The number of aromatic amines is 2. The van der Waals surface area contributed by atoms with Crippen molar-refractivity contribution < 1.29 is 0 Å². The molecule has 2 aliphatic rings. The fourth-order valence-corrected chi connectivity index (χ4v) is 6.78. The molecule has 39 heavy (non-hydrogen) atoms. The van der Waals surface area contributed by atoms with E-state index in [9.17, 15) is 0 Å². The van der Waals surface area contributed by atoms with E-state index >= 15 is 0 Å². The third kappa shape index (κ3) is 5.23. The van der Waals surface area contributed by atoms with Crippen molar-refractivity contribution in [1.82, 2.24) is 9.97 Å². The lowest BCUT2D eigenvalue weighted by Gasteiger charge is -2.09. The summed E-state index contributed by atoms with van der Waals surface area (Å²) in [6.07, 6.45) is 11.4. The molecule has 0 saturated carbocycles. The molecule has 0 radical (unpaired) electrons. The standard InChI is InChI=1S/C35H48N4/c1-11-24-20(7)30(36-22(24)9)17-32-26(13-3)28(15-5)34(38-32)19-35-29(16-6)27(14-4)33(39-35)18-31-21(8)25(12-2)23(10)37-31/h17-18,36-37H,11-16,19H2,1-10H3/b32-17-,33-18-. The minimum Gasteiger partial charge on any atom is -0.359 e. The minimum atomic E-state index is 0.792. The summed E-state index contributed by atoms with van der Waals surface area (Å²) in [6, 6.07) is 0. The molecule has 2 aliphatic heterocycles. The van der Waals surface area contributed by atoms with Crippen LogP contribution in [0.5, 0.6) is 0 Å². The van der Waals surface area contributed by atoms with Gasteiger partial charge >= 0.3 is 0 Å². The van der Waals surface area contributed by atoms with Crippen molar-refractivity contribution in [3.63, 3.8) is 0 Å². The molecule has 4 rings (SSSR count). The molecule has 0 aliphatic carbocycles. The van der Waals surface area contributed by atoms with E-state index in [1.54, 1.807) is 0 Å². The van der Waals surface area contributed by atoms with Gasteiger partial charge in [0.1, 0.15) is 0 Å². The number of allylic oxidation sites excluding steroid dienone is 4. The van der Waals surface area contributed by atoms with Crippen LogP contribution in [0.2, 0.25) is 0 Å². The molecular weight excluding hydrogens is 476 g/mol. The molecule has 0 bridgehead atoms. The first-order chi connectivity index (χ1) is 18.7. The Morgan fingerprint density at radius 3 is 1.15 bits per heavy atom. The molecule has 0 unspecified atom stereocenters. The summed E-state index contributed by atoms with van der Waals surface area (Å²) >= 11 is 0. The van der Waals surface area contributed by atoms with Gasteiger partial charge in [0.05, 0.1) is 22.8 Å². The highest BCUT2D eigenvalue weighted by Gasteiger charge is 2.28. The highest BCUT2D eigenvalue weighted by Crippen LogP contribution is 2.37. The van der Waals surface area contributed by atoms with Gasteiger partial charge in [0, 0.05) is 29.2 Å². The van der Waals surface area contributed by atoms with Gasteiger partial charge in [-0.15, -0.1) is 0 Å². The van der Waals surface area contributed by atoms with Crippen molar-refractivity contribution in [1.29, 1.82) is 0 Å². The fraction of sp³-hybridized carbons (Fsp3) is 0.486. The molecule has 0 amide bonds. The van der Waals surface area contributed by atoms with E-state index in [4.69, 9.17) is 9.98 Å². The Labute approximate surface area is 236 Å². The minimum absolute atomic E-state index is 0.792. The van der Waals surface area contributed by atoms with Gasteiger partial charge in [-0.1, -0.05) is 41.5 Å². The molecule has 0 spiro atoms. The SMILES string of the molecule is CCC1=C(CC)/C(=C/c2[nH]c(C)c(CC)c2C)N=C1CC1=N/C(=C\c2[nH]c(C)c(CC)c2C)C(CC)=C1CC. The van der Waals surface area contributed by atoms with Crippen LogP contribution < -0.4 is 0 Å². The zero-order valence-corrected chi connectivity index (χ0v) is 26.0. The quantitative estimate of drug-likeness (QED) is 0.311. The summed E-state index contributed by atoms with van der Waals surface area (Å²) in [5.74, 6) is 0. The molecule has 0 atom stereocenters. The lowest BCUT2D eigenvalue weighted by molar-refractivity contribution is 1.05. The maximum absolute atomic E-state index is 5.28. The predicted octanol–water partition coefficient (Wildman–Crippen LogP) is 9.62. The summed E-state index contributed by atoms with van der Waals surface area (Å²) in [4.78, 5) is 17.8. The summed E-state index contributed by atoms with van der Waals surface area (Å²) in [5.41, 5.74) is 20.7. The summed E-state index contributed by atoms with van der Waals surface area (Å²) in [7, 11) is 0. The molecule has 4 nitrogen and oxygen atoms in total. The smallest absolute Gasteiger partial charge is 0.0689 e. The van der Waals surface area contributed by atoms with Gasteiger partial charge in [-0.2, -0.15) is 0 Å². The van der Waals surface area contributed by atoms with Crippen LogP contribution in [0.3, 0.4) is 0 Å². The fourth-order valence-electron chi connectivity index (χ4n) is 6.78. The van der Waals surface area contributed by atoms with Crippen LogP contribution in [0.1, 0.15) is 119 Å². The Hall–Kier alpha value is -3.14. The number of aromatic nitrogens is 2. The van der Waals surface area contributed by atoms with Gasteiger partial charge in [0.15, 0.2) is 0 Å². The molecule has 0 fully saturated rings. The summed E-state index contributed by atoms with van der Waals surface area (Å²) < 4.78 is 0. The first-order valence-electron chi connectivity index (χ1n) is 15.1. The first-order valence-corrected chi connectivity index (χ1v) is 15.1. The molecule has 0 saturated heterocycles. The summed E-state index contributed by atoms with van der Waals surface area (Å²) in [6.45, 7) is 22.3. The van der Waals surface area contributed by atoms with Crippen molar-refractivity contribution in [2.45, 2.75) is 114 Å². The number of rotatable bonds is 10. The van der Waals surface area contributed by atoms with Gasteiger partial charge in [-0.25, -0.2) is 0 Å². The van der Waals surface area contributed by atoms with Crippen molar-refractivity contribution in [3.8, 4) is 0 Å². The van der Waals surface area contributed by atoms with E-state index in [1.165, 1.54) is 78.7 Å². The zero-order chi connectivity index (χ0) is 28.4. The lowest BCUT2D eigenvalue weighted by atomic mass is 9.93. The average Bonchev–Trinajstić information content (AvgIpc) is 3.59. The molecule has 2 aromatic rings. The highest BCUT2D eigenvalue weighted by molar-refractivity contribution is 6.21. The Balaban J connectivity index is 1.76. The van der Waals surface area contributed by atoms with E-state index in [1.807, 2.05) is 0 Å². The molecule has 4 heterocycles. The molecule has 4 heteroatoms. The Kier molecular flexibility index (Phi) is 8.83. The van der Waals surface area contributed by atoms with Crippen LogP contribution in [0.25, 0.3) is 12.2 Å². The number of H-pyrrole nitrogens is 2. The summed E-state index contributed by atoms with van der Waals surface area (Å²) in [5, 5.41) is 0. The molecule has 208 valence electrons. The third-order valence-corrected chi connectivity index (χ3v) is 8.84. The molecule has 2 N–H and O–H groups in total. The van der Waals surface area contributed by atoms with Gasteiger partial charge in [0.25, 0.3) is 0 Å². The number of aliphatic imine (C=N–C) groups is 2. The number of nitrogens with one attached hydrogen (secondary N) is 2. The van der Waals surface area contributed by atoms with Crippen LogP contribution in [-0.4, -0.2) is 21.4 Å². The maximum atomic E-state index is 5.28. The first kappa shape index (κ1) is 28.9. The molecule has 2 aromatic heterocycles.